The highest BCUT2D eigenvalue weighted by Gasteiger charge is 2.12. The Bertz CT molecular complexity index is 546. The van der Waals surface area contributed by atoms with Gasteiger partial charge in [0.15, 0.2) is 12.1 Å². The second-order valence-corrected chi connectivity index (χ2v) is 4.00. The molecule has 0 radical (unpaired) electrons. The zero-order valence-electron chi connectivity index (χ0n) is 9.07. The van der Waals surface area contributed by atoms with E-state index in [9.17, 15) is 4.79 Å². The van der Waals surface area contributed by atoms with Gasteiger partial charge in [-0.1, -0.05) is 11.6 Å². The number of carbonyl (C=O) groups excluding carboxylic acids is 1. The molecule has 0 atom stereocenters. The number of rotatable bonds is 2. The van der Waals surface area contributed by atoms with Crippen molar-refractivity contribution in [3.63, 3.8) is 0 Å². The minimum absolute atomic E-state index is 0.571. The zero-order valence-corrected chi connectivity index (χ0v) is 9.82. The fraction of sp³-hybridized carbons (Fsp3) is 0.167. The fourth-order valence-corrected chi connectivity index (χ4v) is 1.98. The molecule has 16 heavy (non-hydrogen) atoms. The third-order valence-electron chi connectivity index (χ3n) is 2.55. The summed E-state index contributed by atoms with van der Waals surface area (Å²) in [5.41, 5.74) is 2.47. The van der Waals surface area contributed by atoms with E-state index in [4.69, 9.17) is 11.6 Å². The number of carbonyl (C=O) groups is 1. The van der Waals surface area contributed by atoms with Gasteiger partial charge in [0.2, 0.25) is 0 Å². The standard InChI is InChI=1S/C12H11ClN2O/c1-8-6-10(7-16)9(2)15(8)12-11(13)4-3-5-14-12/h3-7H,1-2H3. The van der Waals surface area contributed by atoms with E-state index in [0.29, 0.717) is 16.4 Å². The molecule has 0 amide bonds. The largest absolute Gasteiger partial charge is 0.301 e. The van der Waals surface area contributed by atoms with Crippen molar-refractivity contribution in [3.05, 3.63) is 46.4 Å². The van der Waals surface area contributed by atoms with Gasteiger partial charge < -0.3 is 4.57 Å². The van der Waals surface area contributed by atoms with Crippen molar-refractivity contribution in [1.82, 2.24) is 9.55 Å². The molecule has 3 nitrogen and oxygen atoms in total. The highest BCUT2D eigenvalue weighted by molar-refractivity contribution is 6.32. The molecule has 2 rings (SSSR count). The molecule has 0 unspecified atom stereocenters. The van der Waals surface area contributed by atoms with Crippen molar-refractivity contribution >= 4 is 17.9 Å². The first-order valence-electron chi connectivity index (χ1n) is 4.90. The minimum Gasteiger partial charge on any atom is -0.301 e. The Morgan fingerprint density at radius 2 is 2.19 bits per heavy atom. The van der Waals surface area contributed by atoms with Crippen molar-refractivity contribution in [3.8, 4) is 5.82 Å². The maximum Gasteiger partial charge on any atom is 0.155 e. The second kappa shape index (κ2) is 4.10. The summed E-state index contributed by atoms with van der Waals surface area (Å²) in [6.45, 7) is 3.80. The summed E-state index contributed by atoms with van der Waals surface area (Å²) >= 11 is 6.08. The van der Waals surface area contributed by atoms with E-state index in [1.54, 1.807) is 18.3 Å². The summed E-state index contributed by atoms with van der Waals surface area (Å²) in [7, 11) is 0. The van der Waals surface area contributed by atoms with E-state index in [2.05, 4.69) is 4.98 Å². The summed E-state index contributed by atoms with van der Waals surface area (Å²) in [6.07, 6.45) is 2.52. The van der Waals surface area contributed by atoms with Crippen LogP contribution in [-0.4, -0.2) is 15.8 Å². The molecule has 0 N–H and O–H groups in total. The van der Waals surface area contributed by atoms with Crippen LogP contribution in [0.3, 0.4) is 0 Å². The lowest BCUT2D eigenvalue weighted by Gasteiger charge is -2.09. The van der Waals surface area contributed by atoms with Crippen LogP contribution >= 0.6 is 11.6 Å². The van der Waals surface area contributed by atoms with Crippen molar-refractivity contribution < 1.29 is 4.79 Å². The highest BCUT2D eigenvalue weighted by atomic mass is 35.5. The molecule has 0 saturated carbocycles. The monoisotopic (exact) mass is 234 g/mol. The molecule has 0 aliphatic rings. The molecular weight excluding hydrogens is 224 g/mol. The number of aryl methyl sites for hydroxylation is 1. The Kier molecular flexibility index (Phi) is 2.79. The van der Waals surface area contributed by atoms with Crippen LogP contribution in [0.1, 0.15) is 21.7 Å². The van der Waals surface area contributed by atoms with E-state index < -0.39 is 0 Å². The average molecular weight is 235 g/mol. The van der Waals surface area contributed by atoms with E-state index in [1.165, 1.54) is 0 Å². The van der Waals surface area contributed by atoms with Gasteiger partial charge in [-0.15, -0.1) is 0 Å². The Labute approximate surface area is 98.7 Å². The Morgan fingerprint density at radius 3 is 2.75 bits per heavy atom. The van der Waals surface area contributed by atoms with Crippen molar-refractivity contribution in [1.29, 1.82) is 0 Å². The molecule has 2 aromatic rings. The molecule has 2 aromatic heterocycles. The number of pyridine rings is 1. The Hall–Kier alpha value is -1.61. The SMILES string of the molecule is Cc1cc(C=O)c(C)n1-c1ncccc1Cl. The lowest BCUT2D eigenvalue weighted by atomic mass is 10.3. The predicted octanol–water partition coefficient (Wildman–Crippen LogP) is 2.96. The van der Waals surface area contributed by atoms with Crippen molar-refractivity contribution in [2.45, 2.75) is 13.8 Å². The Balaban J connectivity index is 2.69. The van der Waals surface area contributed by atoms with Crippen molar-refractivity contribution in [2.24, 2.45) is 0 Å². The highest BCUT2D eigenvalue weighted by Crippen LogP contribution is 2.23. The molecule has 0 aromatic carbocycles. The van der Waals surface area contributed by atoms with Gasteiger partial charge in [0.1, 0.15) is 0 Å². The van der Waals surface area contributed by atoms with Gasteiger partial charge in [0.05, 0.1) is 5.02 Å². The van der Waals surface area contributed by atoms with Gasteiger partial charge in [-0.2, -0.15) is 0 Å². The first-order valence-corrected chi connectivity index (χ1v) is 5.28. The second-order valence-electron chi connectivity index (χ2n) is 3.59. The molecule has 0 aliphatic heterocycles. The average Bonchev–Trinajstić information content (AvgIpc) is 2.55. The Morgan fingerprint density at radius 1 is 1.44 bits per heavy atom. The van der Waals surface area contributed by atoms with E-state index in [1.807, 2.05) is 24.5 Å². The molecule has 82 valence electrons. The minimum atomic E-state index is 0.571. The van der Waals surface area contributed by atoms with Crippen LogP contribution in [-0.2, 0) is 0 Å². The summed E-state index contributed by atoms with van der Waals surface area (Å²) in [4.78, 5) is 15.1. The summed E-state index contributed by atoms with van der Waals surface area (Å²) in [5.74, 6) is 0.660. The van der Waals surface area contributed by atoms with Crippen LogP contribution in [0.15, 0.2) is 24.4 Å². The fourth-order valence-electron chi connectivity index (χ4n) is 1.77. The number of hydrogen-bond donors (Lipinski definition) is 0. The first kappa shape index (κ1) is 10.9. The lowest BCUT2D eigenvalue weighted by molar-refractivity contribution is 0.112. The van der Waals surface area contributed by atoms with Gasteiger partial charge in [-0.05, 0) is 32.0 Å². The van der Waals surface area contributed by atoms with Crippen LogP contribution in [0.4, 0.5) is 0 Å². The van der Waals surface area contributed by atoms with Gasteiger partial charge in [-0.25, -0.2) is 4.98 Å². The van der Waals surface area contributed by atoms with Gasteiger partial charge >= 0.3 is 0 Å². The lowest BCUT2D eigenvalue weighted by Crippen LogP contribution is -2.02. The van der Waals surface area contributed by atoms with Crippen LogP contribution < -0.4 is 0 Å². The molecule has 4 heteroatoms. The van der Waals surface area contributed by atoms with Gasteiger partial charge in [0.25, 0.3) is 0 Å². The third kappa shape index (κ3) is 1.63. The van der Waals surface area contributed by atoms with Crippen LogP contribution in [0.5, 0.6) is 0 Å². The van der Waals surface area contributed by atoms with E-state index >= 15 is 0 Å². The topological polar surface area (TPSA) is 34.9 Å². The molecule has 0 bridgehead atoms. The summed E-state index contributed by atoms with van der Waals surface area (Å²) < 4.78 is 1.88. The van der Waals surface area contributed by atoms with E-state index in [-0.39, 0.29) is 0 Å². The molecule has 2 heterocycles. The number of aldehydes is 1. The predicted molar refractivity (Wildman–Crippen MR) is 63.4 cm³/mol. The molecule has 0 spiro atoms. The maximum absolute atomic E-state index is 10.8. The molecule has 0 fully saturated rings. The van der Waals surface area contributed by atoms with Gasteiger partial charge in [-0.3, -0.25) is 4.79 Å². The van der Waals surface area contributed by atoms with Crippen LogP contribution in [0, 0.1) is 13.8 Å². The number of nitrogens with zero attached hydrogens (tertiary/aromatic N) is 2. The molecular formula is C12H11ClN2O. The zero-order chi connectivity index (χ0) is 11.7. The van der Waals surface area contributed by atoms with Crippen molar-refractivity contribution in [2.75, 3.05) is 0 Å². The maximum atomic E-state index is 10.8. The third-order valence-corrected chi connectivity index (χ3v) is 2.84. The first-order chi connectivity index (χ1) is 7.65. The number of halogens is 1. The van der Waals surface area contributed by atoms with Crippen LogP contribution in [0.2, 0.25) is 5.02 Å². The molecule has 0 aliphatic carbocycles. The van der Waals surface area contributed by atoms with Crippen LogP contribution in [0.25, 0.3) is 5.82 Å². The summed E-state index contributed by atoms with van der Waals surface area (Å²) in [5, 5.41) is 0.571. The summed E-state index contributed by atoms with van der Waals surface area (Å²) in [6, 6.07) is 5.39. The van der Waals surface area contributed by atoms with Gasteiger partial charge in [0, 0.05) is 23.1 Å². The normalized spacial score (nSPS) is 10.4. The smallest absolute Gasteiger partial charge is 0.155 e. The number of hydrogen-bond acceptors (Lipinski definition) is 2. The van der Waals surface area contributed by atoms with E-state index in [0.717, 1.165) is 17.7 Å². The quantitative estimate of drug-likeness (QED) is 0.749. The number of aromatic nitrogens is 2. The molecule has 0 saturated heterocycles.